The SMILES string of the molecule is CN(C(=O)C(C)(C)NC(=O)C(C)(C)CO)c1ccccc1. The van der Waals surface area contributed by atoms with Gasteiger partial charge in [-0.15, -0.1) is 0 Å². The van der Waals surface area contributed by atoms with Crippen molar-refractivity contribution in [2.75, 3.05) is 18.6 Å². The number of hydrogen-bond donors (Lipinski definition) is 2. The average molecular weight is 292 g/mol. The first kappa shape index (κ1) is 17.2. The van der Waals surface area contributed by atoms with E-state index in [2.05, 4.69) is 5.32 Å². The molecule has 0 spiro atoms. The maximum absolute atomic E-state index is 12.6. The van der Waals surface area contributed by atoms with Crippen LogP contribution in [0.1, 0.15) is 27.7 Å². The van der Waals surface area contributed by atoms with Gasteiger partial charge < -0.3 is 15.3 Å². The number of aliphatic hydroxyl groups is 1. The lowest BCUT2D eigenvalue weighted by atomic mass is 9.91. The Kier molecular flexibility index (Phi) is 5.12. The van der Waals surface area contributed by atoms with Gasteiger partial charge in [0, 0.05) is 12.7 Å². The fourth-order valence-electron chi connectivity index (χ4n) is 1.77. The average Bonchev–Trinajstić information content (AvgIpc) is 2.46. The van der Waals surface area contributed by atoms with Gasteiger partial charge in [0.15, 0.2) is 0 Å². The van der Waals surface area contributed by atoms with Crippen molar-refractivity contribution < 1.29 is 14.7 Å². The minimum Gasteiger partial charge on any atom is -0.395 e. The summed E-state index contributed by atoms with van der Waals surface area (Å²) in [5.41, 5.74) is -1.23. The summed E-state index contributed by atoms with van der Waals surface area (Å²) in [5, 5.41) is 11.9. The van der Waals surface area contributed by atoms with Crippen LogP contribution in [0.5, 0.6) is 0 Å². The Bertz CT molecular complexity index is 510. The van der Waals surface area contributed by atoms with Gasteiger partial charge in [0.25, 0.3) is 5.91 Å². The molecule has 0 fully saturated rings. The van der Waals surface area contributed by atoms with Crippen molar-refractivity contribution in [1.29, 1.82) is 0 Å². The first-order chi connectivity index (χ1) is 9.62. The van der Waals surface area contributed by atoms with E-state index in [0.29, 0.717) is 0 Å². The standard InChI is InChI=1S/C16H24N2O3/c1-15(2,11-19)13(20)17-16(3,4)14(21)18(5)12-9-7-6-8-10-12/h6-10,19H,11H2,1-5H3,(H,17,20). The molecule has 0 aromatic heterocycles. The molecule has 0 aliphatic carbocycles. The zero-order valence-corrected chi connectivity index (χ0v) is 13.3. The number of anilines is 1. The summed E-state index contributed by atoms with van der Waals surface area (Å²) in [4.78, 5) is 26.2. The zero-order chi connectivity index (χ0) is 16.3. The van der Waals surface area contributed by atoms with E-state index in [1.165, 1.54) is 4.90 Å². The van der Waals surface area contributed by atoms with Crippen molar-refractivity contribution in [1.82, 2.24) is 5.32 Å². The number of benzene rings is 1. The minimum atomic E-state index is -1.06. The summed E-state index contributed by atoms with van der Waals surface area (Å²) >= 11 is 0. The Morgan fingerprint density at radius 3 is 2.14 bits per heavy atom. The second kappa shape index (κ2) is 6.26. The molecule has 0 atom stereocenters. The van der Waals surface area contributed by atoms with Gasteiger partial charge in [0.1, 0.15) is 5.54 Å². The van der Waals surface area contributed by atoms with Crippen molar-refractivity contribution in [3.8, 4) is 0 Å². The molecule has 1 aromatic carbocycles. The number of nitrogens with zero attached hydrogens (tertiary/aromatic N) is 1. The van der Waals surface area contributed by atoms with Crippen molar-refractivity contribution in [2.45, 2.75) is 33.2 Å². The molecule has 0 bridgehead atoms. The maximum Gasteiger partial charge on any atom is 0.251 e. The van der Waals surface area contributed by atoms with Gasteiger partial charge in [0.05, 0.1) is 12.0 Å². The number of aliphatic hydroxyl groups excluding tert-OH is 1. The fourth-order valence-corrected chi connectivity index (χ4v) is 1.77. The third kappa shape index (κ3) is 4.04. The summed E-state index contributed by atoms with van der Waals surface area (Å²) in [7, 11) is 1.67. The molecule has 2 N–H and O–H groups in total. The Morgan fingerprint density at radius 1 is 1.14 bits per heavy atom. The maximum atomic E-state index is 12.6. The summed E-state index contributed by atoms with van der Waals surface area (Å²) < 4.78 is 0. The molecule has 0 unspecified atom stereocenters. The third-order valence-electron chi connectivity index (χ3n) is 3.42. The van der Waals surface area contributed by atoms with Crippen LogP contribution in [0, 0.1) is 5.41 Å². The highest BCUT2D eigenvalue weighted by Gasteiger charge is 2.37. The van der Waals surface area contributed by atoms with E-state index in [9.17, 15) is 14.7 Å². The number of amides is 2. The van der Waals surface area contributed by atoms with E-state index in [1.54, 1.807) is 34.7 Å². The Balaban J connectivity index is 2.87. The molecule has 0 aliphatic heterocycles. The third-order valence-corrected chi connectivity index (χ3v) is 3.42. The fraction of sp³-hybridized carbons (Fsp3) is 0.500. The summed E-state index contributed by atoms with van der Waals surface area (Å²) in [6, 6.07) is 9.22. The summed E-state index contributed by atoms with van der Waals surface area (Å²) in [5.74, 6) is -0.583. The zero-order valence-electron chi connectivity index (χ0n) is 13.3. The van der Waals surface area contributed by atoms with E-state index in [4.69, 9.17) is 0 Å². The highest BCUT2D eigenvalue weighted by atomic mass is 16.3. The largest absolute Gasteiger partial charge is 0.395 e. The number of para-hydroxylation sites is 1. The first-order valence-corrected chi connectivity index (χ1v) is 6.88. The predicted octanol–water partition coefficient (Wildman–Crippen LogP) is 1.56. The molecule has 0 saturated heterocycles. The van der Waals surface area contributed by atoms with Crippen LogP contribution < -0.4 is 10.2 Å². The Labute approximate surface area is 126 Å². The van der Waals surface area contributed by atoms with Crippen LogP contribution in [0.2, 0.25) is 0 Å². The van der Waals surface area contributed by atoms with Crippen molar-refractivity contribution in [2.24, 2.45) is 5.41 Å². The number of likely N-dealkylation sites (N-methyl/N-ethyl adjacent to an activating group) is 1. The van der Waals surface area contributed by atoms with Crippen LogP contribution in [-0.2, 0) is 9.59 Å². The lowest BCUT2D eigenvalue weighted by Crippen LogP contribution is -2.58. The van der Waals surface area contributed by atoms with Crippen LogP contribution >= 0.6 is 0 Å². The molecule has 1 aromatic rings. The van der Waals surface area contributed by atoms with Gasteiger partial charge >= 0.3 is 0 Å². The molecule has 2 amide bonds. The van der Waals surface area contributed by atoms with E-state index in [-0.39, 0.29) is 18.4 Å². The number of hydrogen-bond acceptors (Lipinski definition) is 3. The molecule has 1 rings (SSSR count). The van der Waals surface area contributed by atoms with Gasteiger partial charge in [-0.05, 0) is 39.8 Å². The van der Waals surface area contributed by atoms with Crippen molar-refractivity contribution in [3.63, 3.8) is 0 Å². The number of carbonyl (C=O) groups excluding carboxylic acids is 2. The summed E-state index contributed by atoms with van der Waals surface area (Å²) in [6.45, 7) is 6.28. The highest BCUT2D eigenvalue weighted by molar-refractivity contribution is 6.01. The van der Waals surface area contributed by atoms with Crippen LogP contribution in [-0.4, -0.2) is 36.1 Å². The topological polar surface area (TPSA) is 69.6 Å². The van der Waals surface area contributed by atoms with Crippen LogP contribution in [0.3, 0.4) is 0 Å². The van der Waals surface area contributed by atoms with Gasteiger partial charge in [-0.1, -0.05) is 18.2 Å². The van der Waals surface area contributed by atoms with Crippen LogP contribution in [0.25, 0.3) is 0 Å². The molecule has 0 radical (unpaired) electrons. The van der Waals surface area contributed by atoms with Gasteiger partial charge in [-0.3, -0.25) is 9.59 Å². The van der Waals surface area contributed by atoms with Crippen molar-refractivity contribution in [3.05, 3.63) is 30.3 Å². The molecule has 0 heterocycles. The Hall–Kier alpha value is -1.88. The number of carbonyl (C=O) groups is 2. The Morgan fingerprint density at radius 2 is 1.67 bits per heavy atom. The number of nitrogens with one attached hydrogen (secondary N) is 1. The van der Waals surface area contributed by atoms with E-state index in [0.717, 1.165) is 5.69 Å². The highest BCUT2D eigenvalue weighted by Crippen LogP contribution is 2.19. The van der Waals surface area contributed by atoms with Gasteiger partial charge in [0.2, 0.25) is 5.91 Å². The second-order valence-corrected chi connectivity index (χ2v) is 6.32. The quantitative estimate of drug-likeness (QED) is 0.865. The van der Waals surface area contributed by atoms with E-state index < -0.39 is 11.0 Å². The molecule has 21 heavy (non-hydrogen) atoms. The van der Waals surface area contributed by atoms with Gasteiger partial charge in [-0.25, -0.2) is 0 Å². The molecule has 0 aliphatic rings. The molecular weight excluding hydrogens is 268 g/mol. The van der Waals surface area contributed by atoms with Crippen LogP contribution in [0.15, 0.2) is 30.3 Å². The first-order valence-electron chi connectivity index (χ1n) is 6.88. The molecular formula is C16H24N2O3. The van der Waals surface area contributed by atoms with E-state index >= 15 is 0 Å². The van der Waals surface area contributed by atoms with E-state index in [1.807, 2.05) is 30.3 Å². The number of rotatable bonds is 5. The normalized spacial score (nSPS) is 11.9. The smallest absolute Gasteiger partial charge is 0.251 e. The monoisotopic (exact) mass is 292 g/mol. The second-order valence-electron chi connectivity index (χ2n) is 6.32. The molecule has 5 heteroatoms. The van der Waals surface area contributed by atoms with Gasteiger partial charge in [-0.2, -0.15) is 0 Å². The predicted molar refractivity (Wildman–Crippen MR) is 82.9 cm³/mol. The lowest BCUT2D eigenvalue weighted by Gasteiger charge is -2.33. The van der Waals surface area contributed by atoms with Crippen molar-refractivity contribution >= 4 is 17.5 Å². The minimum absolute atomic E-state index is 0.226. The summed E-state index contributed by atoms with van der Waals surface area (Å²) in [6.07, 6.45) is 0. The molecule has 5 nitrogen and oxygen atoms in total. The lowest BCUT2D eigenvalue weighted by molar-refractivity contribution is -0.137. The molecule has 116 valence electrons. The van der Waals surface area contributed by atoms with Crippen LogP contribution in [0.4, 0.5) is 5.69 Å². The molecule has 0 saturated carbocycles.